The Morgan fingerprint density at radius 3 is 2.76 bits per heavy atom. The third-order valence-electron chi connectivity index (χ3n) is 4.64. The topological polar surface area (TPSA) is 104 Å². The Morgan fingerprint density at radius 2 is 2.00 bits per heavy atom. The molecule has 2 aromatic rings. The van der Waals surface area contributed by atoms with E-state index in [2.05, 4.69) is 22.5 Å². The van der Waals surface area contributed by atoms with E-state index in [0.717, 1.165) is 19.3 Å². The van der Waals surface area contributed by atoms with Crippen LogP contribution in [0, 0.1) is 5.92 Å². The van der Waals surface area contributed by atoms with Gasteiger partial charge in [0.25, 0.3) is 5.91 Å². The Bertz CT molecular complexity index is 1020. The minimum absolute atomic E-state index is 0.0497. The maximum atomic E-state index is 12.3. The van der Waals surface area contributed by atoms with E-state index < -0.39 is 15.9 Å². The molecular weight excluding hydrogens is 434 g/mol. The molecule has 3 N–H and O–H groups in total. The minimum atomic E-state index is -3.82. The second-order valence-electron chi connectivity index (χ2n) is 6.99. The SMILES string of the molecule is CC1CCc2sc(C(=O)NNC(=O)CCNS(=O)(=O)c3ccccc3Cl)cc2C1. The second-order valence-corrected chi connectivity index (χ2v) is 10.3. The first-order valence-electron chi connectivity index (χ1n) is 9.21. The molecule has 3 rings (SSSR count). The minimum Gasteiger partial charge on any atom is -0.273 e. The number of halogens is 1. The average molecular weight is 456 g/mol. The number of hydrogen-bond acceptors (Lipinski definition) is 5. The van der Waals surface area contributed by atoms with E-state index in [0.29, 0.717) is 10.8 Å². The molecule has 1 aliphatic carbocycles. The molecule has 2 amide bonds. The summed E-state index contributed by atoms with van der Waals surface area (Å²) in [6.07, 6.45) is 2.93. The zero-order valence-electron chi connectivity index (χ0n) is 15.8. The van der Waals surface area contributed by atoms with Gasteiger partial charge in [-0.2, -0.15) is 0 Å². The van der Waals surface area contributed by atoms with Crippen LogP contribution in [0.4, 0.5) is 0 Å². The van der Waals surface area contributed by atoms with Gasteiger partial charge in [0.1, 0.15) is 4.90 Å². The molecule has 156 valence electrons. The van der Waals surface area contributed by atoms with Gasteiger partial charge in [0.2, 0.25) is 15.9 Å². The molecule has 0 radical (unpaired) electrons. The summed E-state index contributed by atoms with van der Waals surface area (Å²) in [6.45, 7) is 2.07. The second kappa shape index (κ2) is 9.25. The lowest BCUT2D eigenvalue weighted by atomic mass is 9.90. The van der Waals surface area contributed by atoms with Crippen LogP contribution in [0.3, 0.4) is 0 Å². The van der Waals surface area contributed by atoms with Gasteiger partial charge < -0.3 is 0 Å². The lowest BCUT2D eigenvalue weighted by Gasteiger charge is -2.16. The Hall–Kier alpha value is -1.94. The van der Waals surface area contributed by atoms with Crippen molar-refractivity contribution in [3.8, 4) is 0 Å². The van der Waals surface area contributed by atoms with Crippen molar-refractivity contribution in [1.82, 2.24) is 15.6 Å². The highest BCUT2D eigenvalue weighted by Crippen LogP contribution is 2.32. The van der Waals surface area contributed by atoms with Crippen molar-refractivity contribution in [2.75, 3.05) is 6.54 Å². The normalized spacial score (nSPS) is 16.1. The molecule has 29 heavy (non-hydrogen) atoms. The molecule has 10 heteroatoms. The van der Waals surface area contributed by atoms with E-state index in [1.165, 1.54) is 33.9 Å². The van der Waals surface area contributed by atoms with E-state index >= 15 is 0 Å². The number of hydrazine groups is 1. The molecule has 1 aromatic carbocycles. The molecule has 0 fully saturated rings. The molecule has 7 nitrogen and oxygen atoms in total. The maximum Gasteiger partial charge on any atom is 0.279 e. The van der Waals surface area contributed by atoms with Crippen LogP contribution < -0.4 is 15.6 Å². The molecule has 0 spiro atoms. The van der Waals surface area contributed by atoms with Crippen LogP contribution in [-0.4, -0.2) is 26.8 Å². The van der Waals surface area contributed by atoms with Crippen LogP contribution in [0.15, 0.2) is 35.2 Å². The smallest absolute Gasteiger partial charge is 0.273 e. The molecule has 0 saturated carbocycles. The third kappa shape index (κ3) is 5.57. The number of fused-ring (bicyclic) bond motifs is 1. The van der Waals surface area contributed by atoms with Gasteiger partial charge in [0.05, 0.1) is 9.90 Å². The molecule has 1 atom stereocenters. The Labute approximate surface area is 178 Å². The highest BCUT2D eigenvalue weighted by atomic mass is 35.5. The van der Waals surface area contributed by atoms with Crippen molar-refractivity contribution in [2.24, 2.45) is 5.92 Å². The first-order valence-corrected chi connectivity index (χ1v) is 11.9. The summed E-state index contributed by atoms with van der Waals surface area (Å²) in [4.78, 5) is 25.9. The number of benzene rings is 1. The van der Waals surface area contributed by atoms with Crippen molar-refractivity contribution in [1.29, 1.82) is 0 Å². The van der Waals surface area contributed by atoms with Crippen LogP contribution in [-0.2, 0) is 27.7 Å². The fourth-order valence-electron chi connectivity index (χ4n) is 3.11. The number of aryl methyl sites for hydroxylation is 1. The molecule has 0 saturated heterocycles. The van der Waals surface area contributed by atoms with E-state index in [4.69, 9.17) is 11.6 Å². The van der Waals surface area contributed by atoms with Crippen LogP contribution >= 0.6 is 22.9 Å². The van der Waals surface area contributed by atoms with Gasteiger partial charge in [-0.25, -0.2) is 13.1 Å². The van der Waals surface area contributed by atoms with Gasteiger partial charge in [0, 0.05) is 17.8 Å². The number of hydrogen-bond donors (Lipinski definition) is 3. The Morgan fingerprint density at radius 1 is 1.24 bits per heavy atom. The molecule has 1 heterocycles. The number of carbonyl (C=O) groups excluding carboxylic acids is 2. The van der Waals surface area contributed by atoms with Crippen molar-refractivity contribution in [3.05, 3.63) is 50.7 Å². The van der Waals surface area contributed by atoms with Gasteiger partial charge in [-0.1, -0.05) is 30.7 Å². The van der Waals surface area contributed by atoms with E-state index in [9.17, 15) is 18.0 Å². The molecule has 1 aromatic heterocycles. The van der Waals surface area contributed by atoms with Gasteiger partial charge in [0.15, 0.2) is 0 Å². The predicted octanol–water partition coefficient (Wildman–Crippen LogP) is 2.66. The number of amides is 2. The summed E-state index contributed by atoms with van der Waals surface area (Å²) >= 11 is 7.34. The lowest BCUT2D eigenvalue weighted by Crippen LogP contribution is -2.42. The summed E-state index contributed by atoms with van der Waals surface area (Å²) in [5.41, 5.74) is 5.90. The number of rotatable bonds is 6. The Kier molecular flexibility index (Phi) is 6.94. The standard InChI is InChI=1S/C19H22ClN3O4S2/c1-12-6-7-15-13(10-12)11-16(28-15)19(25)23-22-18(24)8-9-21-29(26,27)17-5-3-2-4-14(17)20/h2-5,11-12,21H,6-10H2,1H3,(H,22,24)(H,23,25). The Balaban J connectivity index is 1.45. The number of nitrogens with one attached hydrogen (secondary N) is 3. The predicted molar refractivity (Wildman–Crippen MR) is 112 cm³/mol. The summed E-state index contributed by atoms with van der Waals surface area (Å²) in [7, 11) is -3.82. The number of carbonyl (C=O) groups is 2. The van der Waals surface area contributed by atoms with Crippen molar-refractivity contribution in [3.63, 3.8) is 0 Å². The fourth-order valence-corrected chi connectivity index (χ4v) is 5.76. The van der Waals surface area contributed by atoms with Crippen molar-refractivity contribution in [2.45, 2.75) is 37.5 Å². The van der Waals surface area contributed by atoms with Crippen molar-refractivity contribution < 1.29 is 18.0 Å². The average Bonchev–Trinajstić information content (AvgIpc) is 3.09. The zero-order chi connectivity index (χ0) is 21.0. The molecule has 0 bridgehead atoms. The fraction of sp³-hybridized carbons (Fsp3) is 0.368. The quantitative estimate of drug-likeness (QED) is 0.582. The van der Waals surface area contributed by atoms with Gasteiger partial charge in [-0.05, 0) is 48.9 Å². The lowest BCUT2D eigenvalue weighted by molar-refractivity contribution is -0.121. The van der Waals surface area contributed by atoms with Gasteiger partial charge in [-0.3, -0.25) is 20.4 Å². The van der Waals surface area contributed by atoms with Crippen LogP contribution in [0.25, 0.3) is 0 Å². The molecule has 1 unspecified atom stereocenters. The third-order valence-corrected chi connectivity index (χ3v) is 7.84. The summed E-state index contributed by atoms with van der Waals surface area (Å²) in [6, 6.07) is 7.93. The maximum absolute atomic E-state index is 12.3. The summed E-state index contributed by atoms with van der Waals surface area (Å²) in [5.74, 6) is -0.264. The van der Waals surface area contributed by atoms with Crippen LogP contribution in [0.2, 0.25) is 5.02 Å². The van der Waals surface area contributed by atoms with Crippen LogP contribution in [0.1, 0.15) is 39.9 Å². The zero-order valence-corrected chi connectivity index (χ0v) is 18.2. The van der Waals surface area contributed by atoms with E-state index in [1.807, 2.05) is 6.07 Å². The molecule has 1 aliphatic rings. The molecule has 0 aliphatic heterocycles. The summed E-state index contributed by atoms with van der Waals surface area (Å²) < 4.78 is 26.7. The number of thiophene rings is 1. The number of sulfonamides is 1. The molecular formula is C19H22ClN3O4S2. The van der Waals surface area contributed by atoms with E-state index in [1.54, 1.807) is 12.1 Å². The van der Waals surface area contributed by atoms with Gasteiger partial charge in [-0.15, -0.1) is 11.3 Å². The highest BCUT2D eigenvalue weighted by molar-refractivity contribution is 7.89. The highest BCUT2D eigenvalue weighted by Gasteiger charge is 2.21. The van der Waals surface area contributed by atoms with Gasteiger partial charge >= 0.3 is 0 Å². The van der Waals surface area contributed by atoms with Crippen molar-refractivity contribution >= 4 is 44.8 Å². The van der Waals surface area contributed by atoms with Crippen LogP contribution in [0.5, 0.6) is 0 Å². The monoisotopic (exact) mass is 455 g/mol. The first-order chi connectivity index (χ1) is 13.8. The summed E-state index contributed by atoms with van der Waals surface area (Å²) in [5, 5.41) is 0.102. The first kappa shape index (κ1) is 21.8. The van der Waals surface area contributed by atoms with E-state index in [-0.39, 0.29) is 28.8 Å². The largest absolute Gasteiger partial charge is 0.279 e.